The van der Waals surface area contributed by atoms with Gasteiger partial charge in [0, 0.05) is 31.6 Å². The summed E-state index contributed by atoms with van der Waals surface area (Å²) in [4.78, 5) is 31.7. The molecule has 8 nitrogen and oxygen atoms in total. The Hall–Kier alpha value is -3.04. The number of furan rings is 1. The molecule has 1 aromatic carbocycles. The van der Waals surface area contributed by atoms with Crippen LogP contribution < -0.4 is 0 Å². The van der Waals surface area contributed by atoms with Crippen LogP contribution in [0.1, 0.15) is 75.9 Å². The Labute approximate surface area is 254 Å². The van der Waals surface area contributed by atoms with Gasteiger partial charge in [-0.1, -0.05) is 54.8 Å². The molecule has 8 heteroatoms. The molecule has 0 saturated carbocycles. The fraction of sp³-hybridized carbons (Fsp3) is 0.543. The predicted octanol–water partition coefficient (Wildman–Crippen LogP) is 4.69. The van der Waals surface area contributed by atoms with Crippen molar-refractivity contribution in [2.24, 2.45) is 17.8 Å². The van der Waals surface area contributed by atoms with Crippen LogP contribution in [-0.2, 0) is 22.7 Å². The second-order valence-corrected chi connectivity index (χ2v) is 12.5. The van der Waals surface area contributed by atoms with Gasteiger partial charge in [-0.25, -0.2) is 0 Å². The van der Waals surface area contributed by atoms with Gasteiger partial charge in [0.05, 0.1) is 24.5 Å². The Morgan fingerprint density at radius 2 is 1.81 bits per heavy atom. The molecule has 0 bridgehead atoms. The molecular formula is C35H46N2O6. The Bertz CT molecular complexity index is 1320. The number of carbonyl (C=O) groups excluding carboxylic acids is 2. The van der Waals surface area contributed by atoms with Crippen molar-refractivity contribution in [3.63, 3.8) is 0 Å². The van der Waals surface area contributed by atoms with E-state index < -0.39 is 23.9 Å². The highest BCUT2D eigenvalue weighted by Crippen LogP contribution is 2.48. The van der Waals surface area contributed by atoms with Gasteiger partial charge in [0.1, 0.15) is 18.1 Å². The van der Waals surface area contributed by atoms with Crippen LogP contribution in [0.5, 0.6) is 0 Å². The fourth-order valence-electron chi connectivity index (χ4n) is 7.45. The summed E-state index contributed by atoms with van der Waals surface area (Å²) in [7, 11) is 0. The van der Waals surface area contributed by atoms with Crippen LogP contribution in [0, 0.1) is 17.8 Å². The first-order chi connectivity index (χ1) is 20.8. The average Bonchev–Trinajstić information content (AvgIpc) is 3.57. The Morgan fingerprint density at radius 1 is 1.07 bits per heavy atom. The number of carbonyl (C=O) groups is 2. The number of allylic oxidation sites excluding steroid dienone is 2. The number of likely N-dealkylation sites (tertiary alicyclic amines) is 2. The molecule has 43 heavy (non-hydrogen) atoms. The fourth-order valence-corrected chi connectivity index (χ4v) is 7.45. The molecule has 0 radical (unpaired) electrons. The summed E-state index contributed by atoms with van der Waals surface area (Å²) in [5.41, 5.74) is 4.06. The van der Waals surface area contributed by atoms with Gasteiger partial charge >= 0.3 is 0 Å². The van der Waals surface area contributed by atoms with Crippen LogP contribution in [-0.4, -0.2) is 68.8 Å². The van der Waals surface area contributed by atoms with Crippen LogP contribution in [0.3, 0.4) is 0 Å². The summed E-state index contributed by atoms with van der Waals surface area (Å²) in [6.07, 6.45) is 5.69. The van der Waals surface area contributed by atoms with E-state index in [1.54, 1.807) is 12.1 Å². The number of rotatable bonds is 12. The van der Waals surface area contributed by atoms with E-state index in [-0.39, 0.29) is 31.1 Å². The minimum absolute atomic E-state index is 0.100. The maximum Gasteiger partial charge on any atom is 0.234 e. The number of imide groups is 1. The zero-order valence-corrected chi connectivity index (χ0v) is 25.5. The van der Waals surface area contributed by atoms with Crippen molar-refractivity contribution < 1.29 is 29.3 Å². The normalized spacial score (nSPS) is 24.6. The molecule has 0 spiro atoms. The van der Waals surface area contributed by atoms with Crippen molar-refractivity contribution in [1.82, 2.24) is 9.80 Å². The molecule has 2 aliphatic heterocycles. The highest BCUT2D eigenvalue weighted by molar-refractivity contribution is 6.06. The number of amides is 2. The topological polar surface area (TPSA) is 114 Å². The largest absolute Gasteiger partial charge is 0.459 e. The second kappa shape index (κ2) is 14.2. The maximum atomic E-state index is 14.0. The van der Waals surface area contributed by atoms with Crippen molar-refractivity contribution >= 4 is 17.9 Å². The van der Waals surface area contributed by atoms with Crippen LogP contribution in [0.4, 0.5) is 0 Å². The van der Waals surface area contributed by atoms with E-state index in [1.807, 2.05) is 31.2 Å². The molecule has 2 fully saturated rings. The molecule has 1 aliphatic carbocycles. The molecule has 3 N–H and O–H groups in total. The lowest BCUT2D eigenvalue weighted by atomic mass is 9.67. The number of piperidine rings is 1. The van der Waals surface area contributed by atoms with Crippen LogP contribution in [0.15, 0.2) is 63.6 Å². The first kappa shape index (κ1) is 31.4. The van der Waals surface area contributed by atoms with E-state index in [1.165, 1.54) is 10.5 Å². The van der Waals surface area contributed by atoms with Crippen molar-refractivity contribution in [3.05, 3.63) is 76.3 Å². The standard InChI is InChI=1S/C35H46N2O6/c1-3-7-25-19-29-33(30(22-39)32(25)31(40)13-10-23(2)18-27-11-12-28(21-38)43-27)35(42)37(34(29)41)26-14-16-36(17-15-26)20-24-8-5-4-6-9-24/h4-6,8-9,11-12,18,26,29-31,33,38-40H,3,7,10,13-17,19-22H2,1-2H3/b23-18+/t29-,30+,31-,33-/m1/s1. The Balaban J connectivity index is 1.27. The lowest BCUT2D eigenvalue weighted by Gasteiger charge is -2.37. The third-order valence-corrected chi connectivity index (χ3v) is 9.54. The molecule has 0 unspecified atom stereocenters. The summed E-state index contributed by atoms with van der Waals surface area (Å²) in [6, 6.07) is 13.8. The third kappa shape index (κ3) is 6.88. The van der Waals surface area contributed by atoms with E-state index >= 15 is 0 Å². The summed E-state index contributed by atoms with van der Waals surface area (Å²) < 4.78 is 5.56. The van der Waals surface area contributed by atoms with Crippen molar-refractivity contribution in [3.8, 4) is 0 Å². The highest BCUT2D eigenvalue weighted by atomic mass is 16.4. The number of nitrogens with zero attached hydrogens (tertiary/aromatic N) is 2. The predicted molar refractivity (Wildman–Crippen MR) is 164 cm³/mol. The molecule has 3 heterocycles. The first-order valence-electron chi connectivity index (χ1n) is 15.8. The third-order valence-electron chi connectivity index (χ3n) is 9.54. The molecule has 2 saturated heterocycles. The number of fused-ring (bicyclic) bond motifs is 1. The highest BCUT2D eigenvalue weighted by Gasteiger charge is 2.56. The van der Waals surface area contributed by atoms with Gasteiger partial charge in [0.2, 0.25) is 11.8 Å². The summed E-state index contributed by atoms with van der Waals surface area (Å²) in [5, 5.41) is 31.4. The first-order valence-corrected chi connectivity index (χ1v) is 15.8. The number of hydrogen-bond acceptors (Lipinski definition) is 7. The average molecular weight is 591 g/mol. The lowest BCUT2D eigenvalue weighted by Crippen LogP contribution is -2.47. The minimum Gasteiger partial charge on any atom is -0.459 e. The smallest absolute Gasteiger partial charge is 0.234 e. The number of hydrogen-bond donors (Lipinski definition) is 3. The summed E-state index contributed by atoms with van der Waals surface area (Å²) >= 11 is 0. The van der Waals surface area contributed by atoms with E-state index in [4.69, 9.17) is 4.42 Å². The molecule has 1 aromatic heterocycles. The molecular weight excluding hydrogens is 544 g/mol. The Kier molecular flexibility index (Phi) is 10.3. The van der Waals surface area contributed by atoms with Crippen molar-refractivity contribution in [2.75, 3.05) is 19.7 Å². The van der Waals surface area contributed by atoms with Gasteiger partial charge in [-0.05, 0) is 74.8 Å². The zero-order chi connectivity index (χ0) is 30.5. The molecule has 5 rings (SSSR count). The van der Waals surface area contributed by atoms with Crippen LogP contribution in [0.25, 0.3) is 6.08 Å². The van der Waals surface area contributed by atoms with Crippen molar-refractivity contribution in [1.29, 1.82) is 0 Å². The molecule has 2 aromatic rings. The zero-order valence-electron chi connectivity index (χ0n) is 25.5. The van der Waals surface area contributed by atoms with E-state index in [0.29, 0.717) is 30.8 Å². The van der Waals surface area contributed by atoms with E-state index in [2.05, 4.69) is 24.0 Å². The number of aliphatic hydroxyl groups is 3. The molecule has 3 aliphatic rings. The van der Waals surface area contributed by atoms with Gasteiger partial charge in [0.25, 0.3) is 0 Å². The summed E-state index contributed by atoms with van der Waals surface area (Å²) in [5.74, 6) is -0.778. The quantitative estimate of drug-likeness (QED) is 0.243. The lowest BCUT2D eigenvalue weighted by molar-refractivity contribution is -0.144. The van der Waals surface area contributed by atoms with Gasteiger partial charge in [-0.3, -0.25) is 19.4 Å². The summed E-state index contributed by atoms with van der Waals surface area (Å²) in [6.45, 7) is 6.13. The number of aliphatic hydroxyl groups excluding tert-OH is 3. The maximum absolute atomic E-state index is 14.0. The Morgan fingerprint density at radius 3 is 2.47 bits per heavy atom. The second-order valence-electron chi connectivity index (χ2n) is 12.5. The monoisotopic (exact) mass is 590 g/mol. The van der Waals surface area contributed by atoms with E-state index in [0.717, 1.165) is 62.0 Å². The van der Waals surface area contributed by atoms with E-state index in [9.17, 15) is 24.9 Å². The van der Waals surface area contributed by atoms with Gasteiger partial charge in [-0.2, -0.15) is 0 Å². The van der Waals surface area contributed by atoms with Crippen molar-refractivity contribution in [2.45, 2.75) is 84.1 Å². The van der Waals surface area contributed by atoms with Crippen LogP contribution in [0.2, 0.25) is 0 Å². The van der Waals surface area contributed by atoms with Crippen LogP contribution >= 0.6 is 0 Å². The van der Waals surface area contributed by atoms with Gasteiger partial charge in [-0.15, -0.1) is 0 Å². The SMILES string of the molecule is CCCC1=C([C@H](O)CC/C(C)=C/c2ccc(CO)o2)[C@H](CO)[C@@H]2C(=O)N(C3CCN(Cc4ccccc4)CC3)C(=O)[C@@H]2C1. The number of benzene rings is 1. The van der Waals surface area contributed by atoms with Gasteiger partial charge < -0.3 is 19.7 Å². The minimum atomic E-state index is -0.814. The molecule has 2 amide bonds. The molecule has 232 valence electrons. The molecule has 4 atom stereocenters. The van der Waals surface area contributed by atoms with Gasteiger partial charge in [0.15, 0.2) is 0 Å².